The van der Waals surface area contributed by atoms with Gasteiger partial charge in [0.1, 0.15) is 17.3 Å². The Morgan fingerprint density at radius 1 is 1.28 bits per heavy atom. The van der Waals surface area contributed by atoms with E-state index in [2.05, 4.69) is 26.3 Å². The number of hydrogen-bond acceptors (Lipinski definition) is 9. The average molecular weight is 458 g/mol. The molecule has 10 nitrogen and oxygen atoms in total. The summed E-state index contributed by atoms with van der Waals surface area (Å²) in [6.07, 6.45) is 6.31. The third-order valence-electron chi connectivity index (χ3n) is 5.27. The second-order valence-corrected chi connectivity index (χ2v) is 10.1. The smallest absolute Gasteiger partial charge is 0.404 e. The minimum absolute atomic E-state index is 0.0510. The highest BCUT2D eigenvalue weighted by atomic mass is 32.2. The minimum atomic E-state index is -1.17. The number of carbonyl (C=O) groups excluding carboxylic acids is 1. The van der Waals surface area contributed by atoms with Gasteiger partial charge >= 0.3 is 6.09 Å². The van der Waals surface area contributed by atoms with Gasteiger partial charge in [-0.2, -0.15) is 4.98 Å². The molecule has 0 aliphatic carbocycles. The Kier molecular flexibility index (Phi) is 6.09. The molecular formula is C21H27N7O3S. The summed E-state index contributed by atoms with van der Waals surface area (Å²) in [6, 6.07) is 0. The molecule has 2 aromatic heterocycles. The van der Waals surface area contributed by atoms with Crippen molar-refractivity contribution in [3.05, 3.63) is 35.6 Å². The summed E-state index contributed by atoms with van der Waals surface area (Å²) in [5, 5.41) is 3.28. The number of rotatable bonds is 6. The van der Waals surface area contributed by atoms with Gasteiger partial charge < -0.3 is 20.7 Å². The number of amides is 1. The van der Waals surface area contributed by atoms with Gasteiger partial charge in [0.2, 0.25) is 5.95 Å². The Hall–Kier alpha value is -3.08. The van der Waals surface area contributed by atoms with Crippen LogP contribution < -0.4 is 16.0 Å². The zero-order valence-electron chi connectivity index (χ0n) is 18.4. The maximum atomic E-state index is 12.6. The van der Waals surface area contributed by atoms with Gasteiger partial charge in [0.15, 0.2) is 5.82 Å². The van der Waals surface area contributed by atoms with Crippen molar-refractivity contribution < 1.29 is 13.7 Å². The van der Waals surface area contributed by atoms with Crippen molar-refractivity contribution in [2.24, 2.45) is 5.73 Å². The lowest BCUT2D eigenvalue weighted by Gasteiger charge is -2.29. The fraction of sp³-hybridized carbons (Fsp3) is 0.476. The summed E-state index contributed by atoms with van der Waals surface area (Å²) < 4.78 is 17.6. The number of nitrogens with two attached hydrogens (primary N) is 1. The topological polar surface area (TPSA) is 136 Å². The highest BCUT2D eigenvalue weighted by molar-refractivity contribution is 7.85. The molecule has 0 saturated carbocycles. The number of primary amides is 1. The number of anilines is 2. The summed E-state index contributed by atoms with van der Waals surface area (Å²) in [5.41, 5.74) is 7.37. The van der Waals surface area contributed by atoms with Crippen LogP contribution in [0.4, 0.5) is 16.6 Å². The molecule has 1 amide bonds. The van der Waals surface area contributed by atoms with E-state index < -0.39 is 22.4 Å². The highest BCUT2D eigenvalue weighted by Crippen LogP contribution is 2.32. The van der Waals surface area contributed by atoms with Crippen LogP contribution in [0.2, 0.25) is 0 Å². The van der Waals surface area contributed by atoms with Crippen LogP contribution in [0, 0.1) is 6.92 Å². The zero-order chi connectivity index (χ0) is 22.9. The van der Waals surface area contributed by atoms with E-state index >= 15 is 0 Å². The van der Waals surface area contributed by atoms with Crippen LogP contribution in [0.3, 0.4) is 0 Å². The molecule has 0 fully saturated rings. The molecule has 0 unspecified atom stereocenters. The van der Waals surface area contributed by atoms with E-state index in [1.54, 1.807) is 0 Å². The summed E-state index contributed by atoms with van der Waals surface area (Å²) in [4.78, 5) is 32.0. The van der Waals surface area contributed by atoms with Crippen molar-refractivity contribution in [2.45, 2.75) is 44.0 Å². The summed E-state index contributed by atoms with van der Waals surface area (Å²) in [7, 11) is -1.17. The van der Waals surface area contributed by atoms with Gasteiger partial charge in [-0.15, -0.1) is 0 Å². The molecule has 4 heterocycles. The number of nitrogens with one attached hydrogen (secondary N) is 1. The van der Waals surface area contributed by atoms with E-state index in [1.807, 2.05) is 33.2 Å². The molecule has 0 spiro atoms. The van der Waals surface area contributed by atoms with Gasteiger partial charge in [-0.3, -0.25) is 4.21 Å². The molecular weight excluding hydrogens is 430 g/mol. The van der Waals surface area contributed by atoms with Crippen LogP contribution in [0.25, 0.3) is 5.57 Å². The monoisotopic (exact) mass is 457 g/mol. The maximum Gasteiger partial charge on any atom is 0.404 e. The lowest BCUT2D eigenvalue weighted by atomic mass is 10.1. The van der Waals surface area contributed by atoms with Crippen molar-refractivity contribution in [1.29, 1.82) is 0 Å². The van der Waals surface area contributed by atoms with Crippen LogP contribution in [-0.4, -0.2) is 61.2 Å². The number of ether oxygens (including phenoxy) is 1. The number of aryl methyl sites for hydroxylation is 2. The Bertz CT molecular complexity index is 1090. The van der Waals surface area contributed by atoms with Gasteiger partial charge in [0.25, 0.3) is 0 Å². The van der Waals surface area contributed by atoms with E-state index in [1.165, 1.54) is 0 Å². The normalized spacial score (nSPS) is 18.2. The van der Waals surface area contributed by atoms with Crippen LogP contribution in [0.1, 0.15) is 37.4 Å². The molecule has 0 radical (unpaired) electrons. The second-order valence-electron chi connectivity index (χ2n) is 8.57. The highest BCUT2D eigenvalue weighted by Gasteiger charge is 2.31. The van der Waals surface area contributed by atoms with Gasteiger partial charge in [0.05, 0.1) is 22.0 Å². The molecule has 11 heteroatoms. The summed E-state index contributed by atoms with van der Waals surface area (Å²) >= 11 is 0. The quantitative estimate of drug-likeness (QED) is 0.665. The first kappa shape index (κ1) is 22.1. The lowest BCUT2D eigenvalue weighted by molar-refractivity contribution is 0.138. The summed E-state index contributed by atoms with van der Waals surface area (Å²) in [6.45, 7) is 7.08. The van der Waals surface area contributed by atoms with E-state index in [0.29, 0.717) is 35.4 Å². The predicted molar refractivity (Wildman–Crippen MR) is 122 cm³/mol. The minimum Gasteiger partial charge on any atom is -0.447 e. The predicted octanol–water partition coefficient (Wildman–Crippen LogP) is 1.82. The number of nitrogens with zero attached hydrogens (tertiary/aromatic N) is 5. The number of fused-ring (bicyclic) bond motifs is 1. The van der Waals surface area contributed by atoms with Crippen LogP contribution in [0.5, 0.6) is 0 Å². The maximum absolute atomic E-state index is 12.6. The first-order valence-corrected chi connectivity index (χ1v) is 11.8. The molecule has 2 aliphatic heterocycles. The van der Waals surface area contributed by atoms with Crippen molar-refractivity contribution in [3.8, 4) is 0 Å². The Balaban J connectivity index is 1.58. The Labute approximate surface area is 189 Å². The van der Waals surface area contributed by atoms with Crippen molar-refractivity contribution >= 4 is 34.2 Å². The second kappa shape index (κ2) is 8.81. The fourth-order valence-electron chi connectivity index (χ4n) is 3.63. The van der Waals surface area contributed by atoms with Crippen molar-refractivity contribution in [2.75, 3.05) is 35.7 Å². The third kappa shape index (κ3) is 4.87. The summed E-state index contributed by atoms with van der Waals surface area (Å²) in [5.74, 6) is 2.36. The van der Waals surface area contributed by atoms with E-state index in [4.69, 9.17) is 20.4 Å². The van der Waals surface area contributed by atoms with E-state index in [9.17, 15) is 9.00 Å². The van der Waals surface area contributed by atoms with Crippen LogP contribution >= 0.6 is 0 Å². The number of aromatic nitrogens is 4. The lowest BCUT2D eigenvalue weighted by Crippen LogP contribution is -2.39. The van der Waals surface area contributed by atoms with Gasteiger partial charge in [0, 0.05) is 37.7 Å². The van der Waals surface area contributed by atoms with Gasteiger partial charge in [-0.05, 0) is 38.3 Å². The third-order valence-corrected chi connectivity index (χ3v) is 6.73. The molecule has 2 aliphatic rings. The van der Waals surface area contributed by atoms with Crippen molar-refractivity contribution in [3.63, 3.8) is 0 Å². The standard InChI is InChI=1S/C21H27N7O3S/c1-13-10-23-17(24-11-13)14-4-7-28(8-5-14)20-25-15-6-9-32(30)16(15)18(26-20)27-21(2,3)12-31-19(22)29/h4,10-11H,5-9,12H2,1-3H3,(H2,22,29)(H,25,26,27)/t32-/m1/s1. The molecule has 0 aromatic carbocycles. The molecule has 1 atom stereocenters. The van der Waals surface area contributed by atoms with Gasteiger partial charge in [-0.1, -0.05) is 6.08 Å². The molecule has 32 heavy (non-hydrogen) atoms. The molecule has 0 saturated heterocycles. The first-order valence-electron chi connectivity index (χ1n) is 10.4. The van der Waals surface area contributed by atoms with E-state index in [0.717, 1.165) is 35.6 Å². The average Bonchev–Trinajstić information content (AvgIpc) is 3.14. The molecule has 0 bridgehead atoms. The molecule has 3 N–H and O–H groups in total. The van der Waals surface area contributed by atoms with E-state index in [-0.39, 0.29) is 6.61 Å². The van der Waals surface area contributed by atoms with Crippen molar-refractivity contribution in [1.82, 2.24) is 19.9 Å². The van der Waals surface area contributed by atoms with Crippen LogP contribution in [-0.2, 0) is 22.0 Å². The SMILES string of the molecule is Cc1cnc(C2=CCN(c3nc4c(c(NC(C)(C)COC(N)=O)n3)[S@](=O)CC4)CC2)nc1. The first-order chi connectivity index (χ1) is 15.2. The number of hydrogen-bond donors (Lipinski definition) is 2. The Morgan fingerprint density at radius 3 is 2.69 bits per heavy atom. The van der Waals surface area contributed by atoms with Crippen LogP contribution in [0.15, 0.2) is 23.4 Å². The molecule has 4 rings (SSSR count). The molecule has 2 aromatic rings. The molecule has 170 valence electrons. The van der Waals surface area contributed by atoms with Gasteiger partial charge in [-0.25, -0.2) is 19.7 Å². The number of carbonyl (C=O) groups is 1. The zero-order valence-corrected chi connectivity index (χ0v) is 19.2. The fourth-order valence-corrected chi connectivity index (χ4v) is 4.94. The Morgan fingerprint density at radius 2 is 2.03 bits per heavy atom. The largest absolute Gasteiger partial charge is 0.447 e.